The van der Waals surface area contributed by atoms with Crippen molar-refractivity contribution in [3.05, 3.63) is 69.7 Å². The van der Waals surface area contributed by atoms with Gasteiger partial charge in [-0.3, -0.25) is 14.5 Å². The molecule has 4 atom stereocenters. The normalized spacial score (nSPS) is 23.6. The van der Waals surface area contributed by atoms with E-state index in [-0.39, 0.29) is 30.6 Å². The largest absolute Gasteiger partial charge is 0.394 e. The van der Waals surface area contributed by atoms with E-state index in [9.17, 15) is 14.7 Å². The number of rotatable bonds is 8. The molecular formula is C26H32Cl2N4O3. The zero-order chi connectivity index (χ0) is 24.9. The fraction of sp³-hybridized carbons (Fsp3) is 0.462. The number of aliphatic hydroxyl groups excluding tert-OH is 1. The molecule has 0 saturated carbocycles. The minimum Gasteiger partial charge on any atom is -0.394 e. The highest BCUT2D eigenvalue weighted by atomic mass is 35.5. The molecule has 2 aliphatic heterocycles. The Morgan fingerprint density at radius 3 is 2.63 bits per heavy atom. The molecule has 2 heterocycles. The number of nitrogens with zero attached hydrogens (tertiary/aromatic N) is 2. The molecule has 4 N–H and O–H groups in total. The van der Waals surface area contributed by atoms with E-state index >= 15 is 0 Å². The van der Waals surface area contributed by atoms with Gasteiger partial charge >= 0.3 is 0 Å². The van der Waals surface area contributed by atoms with Crippen molar-refractivity contribution >= 4 is 35.0 Å². The lowest BCUT2D eigenvalue weighted by atomic mass is 10.0. The number of halogens is 2. The van der Waals surface area contributed by atoms with Gasteiger partial charge in [0.25, 0.3) is 0 Å². The summed E-state index contributed by atoms with van der Waals surface area (Å²) >= 11 is 12.0. The van der Waals surface area contributed by atoms with Crippen LogP contribution in [0, 0.1) is 0 Å². The summed E-state index contributed by atoms with van der Waals surface area (Å²) in [4.78, 5) is 30.4. The molecule has 2 unspecified atom stereocenters. The highest BCUT2D eigenvalue weighted by Gasteiger charge is 2.45. The quantitative estimate of drug-likeness (QED) is 0.498. The van der Waals surface area contributed by atoms with Crippen LogP contribution in [0.25, 0.3) is 0 Å². The SMILES string of the molecule is N[C@@H]1C[C@H]2C(=O)N(C(CO)C(=O)NCc3ccc(Cl)c(Cl)c3)CCC(CCc3ccccc3)N2C1. The Morgan fingerprint density at radius 2 is 1.91 bits per heavy atom. The molecule has 0 radical (unpaired) electrons. The Morgan fingerprint density at radius 1 is 1.14 bits per heavy atom. The zero-order valence-corrected chi connectivity index (χ0v) is 21.1. The third-order valence-corrected chi connectivity index (χ3v) is 7.76. The van der Waals surface area contributed by atoms with Crippen LogP contribution in [0.1, 0.15) is 30.4 Å². The summed E-state index contributed by atoms with van der Waals surface area (Å²) in [6.07, 6.45) is 3.09. The van der Waals surface area contributed by atoms with E-state index in [0.717, 1.165) is 24.8 Å². The van der Waals surface area contributed by atoms with Gasteiger partial charge in [-0.25, -0.2) is 0 Å². The van der Waals surface area contributed by atoms with Crippen molar-refractivity contribution in [2.75, 3.05) is 19.7 Å². The second-order valence-electron chi connectivity index (χ2n) is 9.37. The van der Waals surface area contributed by atoms with E-state index in [1.807, 2.05) is 18.2 Å². The van der Waals surface area contributed by atoms with Crippen molar-refractivity contribution in [2.45, 2.75) is 56.4 Å². The zero-order valence-electron chi connectivity index (χ0n) is 19.6. The molecule has 2 aliphatic rings. The van der Waals surface area contributed by atoms with Crippen molar-refractivity contribution in [1.29, 1.82) is 0 Å². The lowest BCUT2D eigenvalue weighted by molar-refractivity contribution is -0.144. The van der Waals surface area contributed by atoms with Gasteiger partial charge in [-0.1, -0.05) is 59.6 Å². The molecule has 0 aliphatic carbocycles. The summed E-state index contributed by atoms with van der Waals surface area (Å²) < 4.78 is 0. The predicted octanol–water partition coefficient (Wildman–Crippen LogP) is 2.61. The topological polar surface area (TPSA) is 98.9 Å². The molecule has 188 valence electrons. The number of aryl methyl sites for hydroxylation is 1. The number of amides is 2. The summed E-state index contributed by atoms with van der Waals surface area (Å²) in [7, 11) is 0. The maximum atomic E-state index is 13.6. The van der Waals surface area contributed by atoms with E-state index in [4.69, 9.17) is 28.9 Å². The van der Waals surface area contributed by atoms with Gasteiger partial charge in [0.05, 0.1) is 22.7 Å². The number of benzene rings is 2. The maximum absolute atomic E-state index is 13.6. The number of carbonyl (C=O) groups excluding carboxylic acids is 2. The van der Waals surface area contributed by atoms with E-state index in [1.165, 1.54) is 5.56 Å². The van der Waals surface area contributed by atoms with E-state index in [2.05, 4.69) is 22.3 Å². The van der Waals surface area contributed by atoms with E-state index < -0.39 is 18.6 Å². The molecule has 2 aromatic carbocycles. The standard InChI is InChI=1S/C26H32Cl2N4O3/c27-21-9-7-18(12-22(21)28)14-30-25(34)24(16-33)31-11-10-20(8-6-17-4-2-1-3-5-17)32-15-19(29)13-23(32)26(31)35/h1-5,7,9,12,19-20,23-24,33H,6,8,10-11,13-16,29H2,(H,30,34)/t19-,20?,23+,24?/m1/s1. The highest BCUT2D eigenvalue weighted by Crippen LogP contribution is 2.29. The smallest absolute Gasteiger partial charge is 0.245 e. The lowest BCUT2D eigenvalue weighted by Crippen LogP contribution is -2.54. The summed E-state index contributed by atoms with van der Waals surface area (Å²) in [5, 5.41) is 13.8. The van der Waals surface area contributed by atoms with Crippen LogP contribution >= 0.6 is 23.2 Å². The Labute approximate surface area is 216 Å². The van der Waals surface area contributed by atoms with Crippen molar-refractivity contribution in [3.8, 4) is 0 Å². The van der Waals surface area contributed by atoms with Gasteiger partial charge in [-0.05, 0) is 48.9 Å². The van der Waals surface area contributed by atoms with Gasteiger partial charge in [0.1, 0.15) is 6.04 Å². The molecule has 4 rings (SSSR count). The average Bonchev–Trinajstić information content (AvgIpc) is 3.20. The maximum Gasteiger partial charge on any atom is 0.245 e. The van der Waals surface area contributed by atoms with Crippen LogP contribution in [-0.4, -0.2) is 70.6 Å². The molecule has 0 spiro atoms. The van der Waals surface area contributed by atoms with Gasteiger partial charge in [-0.2, -0.15) is 0 Å². The molecule has 0 aromatic heterocycles. The Balaban J connectivity index is 1.45. The molecular weight excluding hydrogens is 487 g/mol. The number of hydrogen-bond donors (Lipinski definition) is 3. The molecule has 0 bridgehead atoms. The number of nitrogens with one attached hydrogen (secondary N) is 1. The van der Waals surface area contributed by atoms with Crippen molar-refractivity contribution in [1.82, 2.24) is 15.1 Å². The summed E-state index contributed by atoms with van der Waals surface area (Å²) in [6, 6.07) is 14.2. The van der Waals surface area contributed by atoms with Gasteiger partial charge in [-0.15, -0.1) is 0 Å². The van der Waals surface area contributed by atoms with Gasteiger partial charge < -0.3 is 21.1 Å². The minimum absolute atomic E-state index is 0.0841. The fourth-order valence-electron chi connectivity index (χ4n) is 5.17. The monoisotopic (exact) mass is 518 g/mol. The van der Waals surface area contributed by atoms with Gasteiger partial charge in [0, 0.05) is 31.7 Å². The van der Waals surface area contributed by atoms with Gasteiger partial charge in [0.2, 0.25) is 11.8 Å². The summed E-state index contributed by atoms with van der Waals surface area (Å²) in [5.41, 5.74) is 8.30. The fourth-order valence-corrected chi connectivity index (χ4v) is 5.49. The number of hydrogen-bond acceptors (Lipinski definition) is 5. The first-order valence-corrected chi connectivity index (χ1v) is 12.8. The summed E-state index contributed by atoms with van der Waals surface area (Å²) in [5.74, 6) is -0.535. The number of aliphatic hydroxyl groups is 1. The Bertz CT molecular complexity index is 1040. The number of carbonyl (C=O) groups is 2. The van der Waals surface area contributed by atoms with Crippen molar-refractivity contribution < 1.29 is 14.7 Å². The molecule has 2 fully saturated rings. The molecule has 2 saturated heterocycles. The molecule has 35 heavy (non-hydrogen) atoms. The Hall–Kier alpha value is -2.16. The molecule has 2 amide bonds. The Kier molecular flexibility index (Phi) is 8.68. The van der Waals surface area contributed by atoms with Crippen LogP contribution in [0.15, 0.2) is 48.5 Å². The predicted molar refractivity (Wildman–Crippen MR) is 137 cm³/mol. The van der Waals surface area contributed by atoms with E-state index in [0.29, 0.717) is 29.6 Å². The second-order valence-corrected chi connectivity index (χ2v) is 10.2. The third-order valence-electron chi connectivity index (χ3n) is 7.02. The lowest BCUT2D eigenvalue weighted by Gasteiger charge is -2.31. The second kappa shape index (κ2) is 11.7. The number of fused-ring (bicyclic) bond motifs is 1. The molecule has 9 heteroatoms. The van der Waals surface area contributed by atoms with Crippen LogP contribution in [-0.2, 0) is 22.6 Å². The van der Waals surface area contributed by atoms with Crippen LogP contribution in [0.4, 0.5) is 0 Å². The first kappa shape index (κ1) is 25.9. The molecule has 7 nitrogen and oxygen atoms in total. The van der Waals surface area contributed by atoms with Crippen LogP contribution in [0.3, 0.4) is 0 Å². The van der Waals surface area contributed by atoms with Crippen molar-refractivity contribution in [2.24, 2.45) is 5.73 Å². The first-order valence-electron chi connectivity index (χ1n) is 12.1. The van der Waals surface area contributed by atoms with Gasteiger partial charge in [0.15, 0.2) is 0 Å². The highest BCUT2D eigenvalue weighted by molar-refractivity contribution is 6.42. The van der Waals surface area contributed by atoms with Crippen LogP contribution < -0.4 is 11.1 Å². The molecule has 2 aromatic rings. The van der Waals surface area contributed by atoms with Crippen molar-refractivity contribution in [3.63, 3.8) is 0 Å². The first-order chi connectivity index (χ1) is 16.9. The summed E-state index contributed by atoms with van der Waals surface area (Å²) in [6.45, 7) is 0.837. The van der Waals surface area contributed by atoms with E-state index in [1.54, 1.807) is 23.1 Å². The third kappa shape index (κ3) is 6.16. The average molecular weight is 519 g/mol. The minimum atomic E-state index is -0.961. The number of nitrogens with two attached hydrogens (primary N) is 1. The van der Waals surface area contributed by atoms with Crippen LogP contribution in [0.5, 0.6) is 0 Å². The van der Waals surface area contributed by atoms with Crippen LogP contribution in [0.2, 0.25) is 10.0 Å².